The maximum absolute atomic E-state index is 10.5. The Balaban J connectivity index is 2.13. The summed E-state index contributed by atoms with van der Waals surface area (Å²) in [5.41, 5.74) is 1.28. The molecule has 0 saturated carbocycles. The number of benzene rings is 1. The zero-order valence-electron chi connectivity index (χ0n) is 10.4. The van der Waals surface area contributed by atoms with Crippen molar-refractivity contribution in [3.63, 3.8) is 0 Å². The Labute approximate surface area is 122 Å². The van der Waals surface area contributed by atoms with E-state index in [1.54, 1.807) is 0 Å². The van der Waals surface area contributed by atoms with Gasteiger partial charge in [0.2, 0.25) is 0 Å². The van der Waals surface area contributed by atoms with Gasteiger partial charge in [-0.3, -0.25) is 4.18 Å². The molecule has 0 heterocycles. The lowest BCUT2D eigenvalue weighted by Gasteiger charge is -1.98. The zero-order chi connectivity index (χ0) is 14.1. The number of aryl methyl sites for hydroxylation is 1. The van der Waals surface area contributed by atoms with Crippen LogP contribution in [0.3, 0.4) is 0 Å². The third-order valence-corrected chi connectivity index (χ3v) is 3.30. The normalized spacial score (nSPS) is 10.8. The van der Waals surface area contributed by atoms with Gasteiger partial charge in [-0.25, -0.2) is 5.14 Å². The summed E-state index contributed by atoms with van der Waals surface area (Å²) >= 11 is 3.39. The molecule has 104 valence electrons. The van der Waals surface area contributed by atoms with E-state index >= 15 is 0 Å². The van der Waals surface area contributed by atoms with Gasteiger partial charge in [-0.05, 0) is 30.5 Å². The minimum absolute atomic E-state index is 0.0124. The number of hydrogen-bond acceptors (Lipinski definition) is 3. The van der Waals surface area contributed by atoms with Crippen molar-refractivity contribution in [1.82, 2.24) is 0 Å². The molecule has 0 amide bonds. The van der Waals surface area contributed by atoms with Crippen LogP contribution in [0.15, 0.2) is 28.7 Å². The highest BCUT2D eigenvalue weighted by Crippen LogP contribution is 2.12. The van der Waals surface area contributed by atoms with Crippen molar-refractivity contribution in [2.24, 2.45) is 5.14 Å². The maximum Gasteiger partial charge on any atom is 0.333 e. The van der Waals surface area contributed by atoms with Crippen molar-refractivity contribution in [2.45, 2.75) is 25.7 Å². The van der Waals surface area contributed by atoms with E-state index < -0.39 is 10.3 Å². The highest BCUT2D eigenvalue weighted by atomic mass is 79.9. The van der Waals surface area contributed by atoms with Gasteiger partial charge in [0, 0.05) is 17.3 Å². The van der Waals surface area contributed by atoms with Crippen LogP contribution in [0.5, 0.6) is 0 Å². The average Bonchev–Trinajstić information content (AvgIpc) is 2.33. The second-order valence-electron chi connectivity index (χ2n) is 3.90. The van der Waals surface area contributed by atoms with Crippen molar-refractivity contribution in [1.29, 1.82) is 0 Å². The first kappa shape index (κ1) is 16.2. The van der Waals surface area contributed by atoms with Gasteiger partial charge in [-0.15, -0.1) is 11.8 Å². The van der Waals surface area contributed by atoms with E-state index in [4.69, 9.17) is 0 Å². The second-order valence-corrected chi connectivity index (χ2v) is 6.04. The highest BCUT2D eigenvalue weighted by Gasteiger charge is 1.98. The smallest absolute Gasteiger partial charge is 0.257 e. The predicted octanol–water partition coefficient (Wildman–Crippen LogP) is 2.39. The van der Waals surface area contributed by atoms with E-state index in [2.05, 4.69) is 49.2 Å². The molecule has 0 aliphatic rings. The SMILES string of the molecule is NS(=O)(=O)OCCC#CCCCc1ccc(Br)cc1. The Morgan fingerprint density at radius 3 is 2.42 bits per heavy atom. The molecule has 4 nitrogen and oxygen atoms in total. The lowest BCUT2D eigenvalue weighted by Crippen LogP contribution is -2.16. The van der Waals surface area contributed by atoms with Crippen molar-refractivity contribution in [2.75, 3.05) is 6.61 Å². The van der Waals surface area contributed by atoms with Crippen LogP contribution in [0.4, 0.5) is 0 Å². The van der Waals surface area contributed by atoms with Crippen molar-refractivity contribution in [3.8, 4) is 11.8 Å². The van der Waals surface area contributed by atoms with Crippen molar-refractivity contribution in [3.05, 3.63) is 34.3 Å². The molecule has 0 bridgehead atoms. The van der Waals surface area contributed by atoms with E-state index in [-0.39, 0.29) is 6.61 Å². The molecule has 0 spiro atoms. The fourth-order valence-corrected chi connectivity index (χ4v) is 2.00. The molecule has 0 aromatic heterocycles. The molecule has 0 aliphatic carbocycles. The van der Waals surface area contributed by atoms with Gasteiger partial charge >= 0.3 is 10.3 Å². The first-order valence-electron chi connectivity index (χ1n) is 5.85. The molecule has 0 fully saturated rings. The van der Waals surface area contributed by atoms with E-state index in [1.165, 1.54) is 5.56 Å². The summed E-state index contributed by atoms with van der Waals surface area (Å²) in [6, 6.07) is 8.20. The molecular weight excluding hydrogens is 330 g/mol. The minimum atomic E-state index is -3.83. The number of unbranched alkanes of at least 4 members (excludes halogenated alkanes) is 1. The van der Waals surface area contributed by atoms with Crippen LogP contribution >= 0.6 is 15.9 Å². The van der Waals surface area contributed by atoms with Gasteiger partial charge in [-0.2, -0.15) is 8.42 Å². The first-order chi connectivity index (χ1) is 8.97. The number of hydrogen-bond donors (Lipinski definition) is 1. The molecule has 1 aromatic carbocycles. The minimum Gasteiger partial charge on any atom is -0.257 e. The Morgan fingerprint density at radius 1 is 1.16 bits per heavy atom. The van der Waals surface area contributed by atoms with Crippen LogP contribution in [0.25, 0.3) is 0 Å². The molecule has 6 heteroatoms. The van der Waals surface area contributed by atoms with Crippen LogP contribution in [-0.2, 0) is 20.9 Å². The molecule has 0 unspecified atom stereocenters. The van der Waals surface area contributed by atoms with E-state index in [0.29, 0.717) is 6.42 Å². The van der Waals surface area contributed by atoms with Gasteiger partial charge in [0.05, 0.1) is 6.61 Å². The summed E-state index contributed by atoms with van der Waals surface area (Å²) < 4.78 is 26.3. The van der Waals surface area contributed by atoms with Crippen LogP contribution in [0.2, 0.25) is 0 Å². The third kappa shape index (κ3) is 8.78. The first-order valence-corrected chi connectivity index (χ1v) is 8.11. The fourth-order valence-electron chi connectivity index (χ4n) is 1.42. The molecule has 1 rings (SSSR count). The molecule has 19 heavy (non-hydrogen) atoms. The van der Waals surface area contributed by atoms with Gasteiger partial charge in [0.25, 0.3) is 0 Å². The standard InChI is InChI=1S/C13H16BrNO3S/c14-13-9-7-12(8-10-13)6-4-2-1-3-5-11-18-19(15,16)17/h7-10H,2,4-6,11H2,(H2,15,16,17). The summed E-state index contributed by atoms with van der Waals surface area (Å²) in [7, 11) is -3.83. The Morgan fingerprint density at radius 2 is 1.79 bits per heavy atom. The number of nitrogens with two attached hydrogens (primary N) is 1. The lowest BCUT2D eigenvalue weighted by atomic mass is 10.1. The predicted molar refractivity (Wildman–Crippen MR) is 78.5 cm³/mol. The van der Waals surface area contributed by atoms with Crippen LogP contribution in [-0.4, -0.2) is 15.0 Å². The zero-order valence-corrected chi connectivity index (χ0v) is 12.8. The molecule has 0 saturated heterocycles. The monoisotopic (exact) mass is 345 g/mol. The van der Waals surface area contributed by atoms with Crippen LogP contribution in [0, 0.1) is 11.8 Å². The Kier molecular flexibility index (Phi) is 7.10. The van der Waals surface area contributed by atoms with Crippen molar-refractivity contribution < 1.29 is 12.6 Å². The number of rotatable bonds is 6. The summed E-state index contributed by atoms with van der Waals surface area (Å²) in [5, 5.41) is 4.67. The van der Waals surface area contributed by atoms with E-state index in [9.17, 15) is 8.42 Å². The van der Waals surface area contributed by atoms with Crippen molar-refractivity contribution >= 4 is 26.2 Å². The topological polar surface area (TPSA) is 69.4 Å². The average molecular weight is 346 g/mol. The maximum atomic E-state index is 10.5. The summed E-state index contributed by atoms with van der Waals surface area (Å²) in [5.74, 6) is 5.83. The molecule has 0 radical (unpaired) electrons. The largest absolute Gasteiger partial charge is 0.333 e. The molecule has 0 aliphatic heterocycles. The summed E-state index contributed by atoms with van der Waals surface area (Å²) in [6.07, 6.45) is 3.11. The Hall–Kier alpha value is -0.870. The third-order valence-electron chi connectivity index (χ3n) is 2.28. The fraction of sp³-hybridized carbons (Fsp3) is 0.385. The van der Waals surface area contributed by atoms with Gasteiger partial charge in [-0.1, -0.05) is 28.1 Å². The van der Waals surface area contributed by atoms with Crippen LogP contribution in [0.1, 0.15) is 24.8 Å². The lowest BCUT2D eigenvalue weighted by molar-refractivity contribution is 0.327. The van der Waals surface area contributed by atoms with Crippen LogP contribution < -0.4 is 5.14 Å². The molecule has 2 N–H and O–H groups in total. The van der Waals surface area contributed by atoms with Gasteiger partial charge in [0.1, 0.15) is 0 Å². The van der Waals surface area contributed by atoms with E-state index in [1.807, 2.05) is 12.1 Å². The Bertz CT molecular complexity index is 543. The number of halogens is 1. The highest BCUT2D eigenvalue weighted by molar-refractivity contribution is 9.10. The quantitative estimate of drug-likeness (QED) is 0.635. The van der Waals surface area contributed by atoms with E-state index in [0.717, 1.165) is 23.7 Å². The molecule has 0 atom stereocenters. The molecular formula is C13H16BrNO3S. The second kappa shape index (κ2) is 8.33. The van der Waals surface area contributed by atoms with Gasteiger partial charge in [0.15, 0.2) is 0 Å². The summed E-state index contributed by atoms with van der Waals surface area (Å²) in [4.78, 5) is 0. The summed E-state index contributed by atoms with van der Waals surface area (Å²) in [6.45, 7) is 0.0124. The van der Waals surface area contributed by atoms with Gasteiger partial charge < -0.3 is 0 Å². The molecule has 1 aromatic rings.